The van der Waals surface area contributed by atoms with Crippen LogP contribution in [0.25, 0.3) is 0 Å². The van der Waals surface area contributed by atoms with E-state index in [2.05, 4.69) is 5.32 Å². The largest absolute Gasteiger partial charge is 0.492 e. The number of benzene rings is 2. The van der Waals surface area contributed by atoms with Gasteiger partial charge in [-0.05, 0) is 17.7 Å². The second-order valence-corrected chi connectivity index (χ2v) is 8.96. The highest BCUT2D eigenvalue weighted by Crippen LogP contribution is 2.22. The lowest BCUT2D eigenvalue weighted by Gasteiger charge is -2.19. The molecule has 0 aliphatic carbocycles. The summed E-state index contributed by atoms with van der Waals surface area (Å²) in [5, 5.41) is 2.84. The molecule has 1 N–H and O–H groups in total. The Hall–Kier alpha value is -2.42. The summed E-state index contributed by atoms with van der Waals surface area (Å²) in [4.78, 5) is 14.7. The minimum Gasteiger partial charge on any atom is -0.492 e. The van der Waals surface area contributed by atoms with E-state index < -0.39 is 10.0 Å². The fraction of sp³-hybridized carbons (Fsp3) is 0.350. The summed E-state index contributed by atoms with van der Waals surface area (Å²) in [5.74, 6) is 0.699. The number of para-hydroxylation sites is 1. The van der Waals surface area contributed by atoms with Crippen molar-refractivity contribution < 1.29 is 17.9 Å². The summed E-state index contributed by atoms with van der Waals surface area (Å²) < 4.78 is 31.8. The maximum absolute atomic E-state index is 12.5. The molecule has 0 unspecified atom stereocenters. The highest BCUT2D eigenvalue weighted by molar-refractivity contribution is 7.89. The first kappa shape index (κ1) is 20.3. The second-order valence-electron chi connectivity index (χ2n) is 6.84. The molecule has 0 bridgehead atoms. The van der Waals surface area contributed by atoms with E-state index in [-0.39, 0.29) is 23.9 Å². The fourth-order valence-electron chi connectivity index (χ4n) is 3.07. The van der Waals surface area contributed by atoms with Gasteiger partial charge in [0, 0.05) is 39.3 Å². The van der Waals surface area contributed by atoms with Crippen molar-refractivity contribution in [2.75, 3.05) is 33.8 Å². The van der Waals surface area contributed by atoms with Crippen LogP contribution in [0.3, 0.4) is 0 Å². The minimum atomic E-state index is -3.57. The van der Waals surface area contributed by atoms with Crippen LogP contribution in [0.1, 0.15) is 11.1 Å². The van der Waals surface area contributed by atoms with Crippen molar-refractivity contribution in [1.82, 2.24) is 14.5 Å². The zero-order valence-corrected chi connectivity index (χ0v) is 16.9. The smallest absolute Gasteiger partial charge is 0.242 e. The summed E-state index contributed by atoms with van der Waals surface area (Å²) in [5.41, 5.74) is 1.62. The van der Waals surface area contributed by atoms with Gasteiger partial charge in [-0.15, -0.1) is 0 Å². The Balaban J connectivity index is 1.63. The highest BCUT2D eigenvalue weighted by Gasteiger charge is 2.21. The molecule has 1 aliphatic rings. The van der Waals surface area contributed by atoms with Crippen LogP contribution in [0, 0.1) is 0 Å². The third-order valence-electron chi connectivity index (χ3n) is 4.61. The molecule has 28 heavy (non-hydrogen) atoms. The number of hydrogen-bond acceptors (Lipinski definition) is 5. The molecule has 0 saturated carbocycles. The van der Waals surface area contributed by atoms with Gasteiger partial charge in [0.15, 0.2) is 0 Å². The topological polar surface area (TPSA) is 79.0 Å². The standard InChI is InChI=1S/C20H25N3O4S/c1-22(2)28(25,26)19-10-6-4-7-16(19)13-21-20(24)15-23-11-12-27-18-9-5-3-8-17(18)14-23/h3-10H,11-15H2,1-2H3,(H,21,24). The van der Waals surface area contributed by atoms with Gasteiger partial charge in [-0.3, -0.25) is 9.69 Å². The third kappa shape index (κ3) is 4.70. The number of hydrogen-bond donors (Lipinski definition) is 1. The average molecular weight is 404 g/mol. The van der Waals surface area contributed by atoms with Crippen LogP contribution >= 0.6 is 0 Å². The van der Waals surface area contributed by atoms with E-state index in [0.717, 1.165) is 11.3 Å². The molecule has 2 aromatic rings. The molecule has 0 saturated heterocycles. The molecule has 7 nitrogen and oxygen atoms in total. The van der Waals surface area contributed by atoms with Crippen molar-refractivity contribution in [2.45, 2.75) is 18.0 Å². The number of fused-ring (bicyclic) bond motifs is 1. The SMILES string of the molecule is CN(C)S(=O)(=O)c1ccccc1CNC(=O)CN1CCOc2ccccc2C1. The zero-order valence-electron chi connectivity index (χ0n) is 16.1. The first-order chi connectivity index (χ1) is 13.4. The minimum absolute atomic E-state index is 0.156. The van der Waals surface area contributed by atoms with Crippen molar-refractivity contribution in [3.63, 3.8) is 0 Å². The van der Waals surface area contributed by atoms with Crippen molar-refractivity contribution in [3.05, 3.63) is 59.7 Å². The Morgan fingerprint density at radius 1 is 1.14 bits per heavy atom. The third-order valence-corrected chi connectivity index (χ3v) is 6.52. The number of carbonyl (C=O) groups is 1. The number of sulfonamides is 1. The van der Waals surface area contributed by atoms with Crippen LogP contribution in [0.4, 0.5) is 0 Å². The normalized spacial score (nSPS) is 14.8. The van der Waals surface area contributed by atoms with E-state index in [0.29, 0.717) is 25.3 Å². The number of nitrogens with zero attached hydrogens (tertiary/aromatic N) is 2. The Bertz CT molecular complexity index is 944. The van der Waals surface area contributed by atoms with E-state index in [1.807, 2.05) is 29.2 Å². The first-order valence-corrected chi connectivity index (χ1v) is 10.5. The van der Waals surface area contributed by atoms with Gasteiger partial charge in [0.05, 0.1) is 11.4 Å². The van der Waals surface area contributed by atoms with Crippen LogP contribution in [0.5, 0.6) is 5.75 Å². The van der Waals surface area contributed by atoms with Crippen LogP contribution < -0.4 is 10.1 Å². The monoisotopic (exact) mass is 403 g/mol. The van der Waals surface area contributed by atoms with Gasteiger partial charge in [-0.1, -0.05) is 36.4 Å². The second kappa shape index (κ2) is 8.72. The van der Waals surface area contributed by atoms with Gasteiger partial charge in [0.25, 0.3) is 0 Å². The zero-order chi connectivity index (χ0) is 20.1. The molecule has 150 valence electrons. The molecular weight excluding hydrogens is 378 g/mol. The van der Waals surface area contributed by atoms with Gasteiger partial charge in [-0.2, -0.15) is 0 Å². The number of ether oxygens (including phenoxy) is 1. The van der Waals surface area contributed by atoms with Gasteiger partial charge in [-0.25, -0.2) is 12.7 Å². The van der Waals surface area contributed by atoms with Gasteiger partial charge < -0.3 is 10.1 Å². The summed E-state index contributed by atoms with van der Waals surface area (Å²) in [6.45, 7) is 2.18. The molecule has 0 radical (unpaired) electrons. The van der Waals surface area contributed by atoms with Crippen LogP contribution in [-0.2, 0) is 27.9 Å². The van der Waals surface area contributed by atoms with Gasteiger partial charge in [0.2, 0.25) is 15.9 Å². The first-order valence-electron chi connectivity index (χ1n) is 9.08. The predicted molar refractivity (Wildman–Crippen MR) is 106 cm³/mol. The number of rotatable bonds is 6. The maximum atomic E-state index is 12.5. The van der Waals surface area contributed by atoms with Gasteiger partial charge >= 0.3 is 0 Å². The van der Waals surface area contributed by atoms with Crippen molar-refractivity contribution >= 4 is 15.9 Å². The summed E-state index contributed by atoms with van der Waals surface area (Å²) in [7, 11) is -0.586. The summed E-state index contributed by atoms with van der Waals surface area (Å²) in [6, 6.07) is 14.5. The predicted octanol–water partition coefficient (Wildman–Crippen LogP) is 1.45. The van der Waals surface area contributed by atoms with E-state index >= 15 is 0 Å². The Morgan fingerprint density at radius 3 is 2.64 bits per heavy atom. The Kier molecular flexibility index (Phi) is 6.33. The summed E-state index contributed by atoms with van der Waals surface area (Å²) in [6.07, 6.45) is 0. The van der Waals surface area contributed by atoms with Crippen molar-refractivity contribution in [2.24, 2.45) is 0 Å². The molecule has 1 heterocycles. The highest BCUT2D eigenvalue weighted by atomic mass is 32.2. The molecule has 0 atom stereocenters. The molecule has 1 aliphatic heterocycles. The number of amides is 1. The van der Waals surface area contributed by atoms with Crippen molar-refractivity contribution in [1.29, 1.82) is 0 Å². The Morgan fingerprint density at radius 2 is 1.86 bits per heavy atom. The number of nitrogens with one attached hydrogen (secondary N) is 1. The lowest BCUT2D eigenvalue weighted by atomic mass is 10.2. The summed E-state index contributed by atoms with van der Waals surface area (Å²) >= 11 is 0. The van der Waals surface area contributed by atoms with E-state index in [9.17, 15) is 13.2 Å². The number of carbonyl (C=O) groups excluding carboxylic acids is 1. The molecule has 0 aromatic heterocycles. The lowest BCUT2D eigenvalue weighted by molar-refractivity contribution is -0.122. The molecule has 8 heteroatoms. The lowest BCUT2D eigenvalue weighted by Crippen LogP contribution is -2.38. The molecule has 1 amide bonds. The average Bonchev–Trinajstić information content (AvgIpc) is 2.88. The molecule has 2 aromatic carbocycles. The molecular formula is C20H25N3O4S. The van der Waals surface area contributed by atoms with Gasteiger partial charge in [0.1, 0.15) is 12.4 Å². The van der Waals surface area contributed by atoms with Crippen molar-refractivity contribution in [3.8, 4) is 5.75 Å². The van der Waals surface area contributed by atoms with Crippen LogP contribution in [-0.4, -0.2) is 57.3 Å². The quantitative estimate of drug-likeness (QED) is 0.790. The van der Waals surface area contributed by atoms with E-state index in [1.165, 1.54) is 18.4 Å². The molecule has 3 rings (SSSR count). The van der Waals surface area contributed by atoms with E-state index in [1.54, 1.807) is 24.3 Å². The Labute approximate surface area is 166 Å². The fourth-order valence-corrected chi connectivity index (χ4v) is 4.18. The van der Waals surface area contributed by atoms with E-state index in [4.69, 9.17) is 4.74 Å². The molecule has 0 spiro atoms. The molecule has 0 fully saturated rings. The van der Waals surface area contributed by atoms with Crippen LogP contribution in [0.2, 0.25) is 0 Å². The van der Waals surface area contributed by atoms with Crippen LogP contribution in [0.15, 0.2) is 53.4 Å². The maximum Gasteiger partial charge on any atom is 0.242 e.